The van der Waals surface area contributed by atoms with Crippen LogP contribution in [0.5, 0.6) is 0 Å². The highest BCUT2D eigenvalue weighted by Gasteiger charge is 2.13. The highest BCUT2D eigenvalue weighted by Crippen LogP contribution is 2.24. The molecule has 1 atom stereocenters. The molecule has 0 aliphatic carbocycles. The van der Waals surface area contributed by atoms with E-state index in [9.17, 15) is 8.78 Å². The number of nitrogens with one attached hydrogen (secondary N) is 1. The van der Waals surface area contributed by atoms with Gasteiger partial charge in [-0.25, -0.2) is 8.78 Å². The monoisotopic (exact) mass is 339 g/mol. The van der Waals surface area contributed by atoms with E-state index in [4.69, 9.17) is 0 Å². The summed E-state index contributed by atoms with van der Waals surface area (Å²) in [6.45, 7) is 1.88. The Bertz CT molecular complexity index is 613. The van der Waals surface area contributed by atoms with Crippen LogP contribution in [0.3, 0.4) is 0 Å². The van der Waals surface area contributed by atoms with Crippen LogP contribution in [-0.2, 0) is 6.42 Å². The summed E-state index contributed by atoms with van der Waals surface area (Å²) in [5.41, 5.74) is 2.83. The number of rotatable bonds is 4. The number of halogens is 3. The number of aryl methyl sites for hydroxylation is 1. The van der Waals surface area contributed by atoms with Crippen LogP contribution in [0.1, 0.15) is 22.7 Å². The zero-order valence-corrected chi connectivity index (χ0v) is 13.0. The van der Waals surface area contributed by atoms with Crippen molar-refractivity contribution in [2.45, 2.75) is 19.4 Å². The quantitative estimate of drug-likeness (QED) is 0.862. The van der Waals surface area contributed by atoms with Gasteiger partial charge in [0.2, 0.25) is 0 Å². The second-order valence-electron chi connectivity index (χ2n) is 4.79. The fourth-order valence-electron chi connectivity index (χ4n) is 2.22. The average molecular weight is 340 g/mol. The number of hydrogen-bond acceptors (Lipinski definition) is 1. The van der Waals surface area contributed by atoms with Crippen molar-refractivity contribution in [2.75, 3.05) is 7.05 Å². The summed E-state index contributed by atoms with van der Waals surface area (Å²) in [5, 5.41) is 3.18. The van der Waals surface area contributed by atoms with Gasteiger partial charge in [-0.05, 0) is 77.3 Å². The molecule has 1 nitrogen and oxygen atoms in total. The van der Waals surface area contributed by atoms with E-state index in [0.717, 1.165) is 16.7 Å². The minimum atomic E-state index is -0.279. The van der Waals surface area contributed by atoms with Crippen molar-refractivity contribution in [1.82, 2.24) is 5.32 Å². The minimum Gasteiger partial charge on any atom is -0.313 e. The smallest absolute Gasteiger partial charge is 0.137 e. The topological polar surface area (TPSA) is 12.0 Å². The summed E-state index contributed by atoms with van der Waals surface area (Å²) in [6.07, 6.45) is 0.684. The summed E-state index contributed by atoms with van der Waals surface area (Å²) in [4.78, 5) is 0. The summed E-state index contributed by atoms with van der Waals surface area (Å²) in [5.74, 6) is -0.513. The number of hydrogen-bond donors (Lipinski definition) is 1. The third kappa shape index (κ3) is 3.44. The SMILES string of the molecule is CNC(Cc1ccc(F)cc1C)c1ccc(Br)c(F)c1. The van der Waals surface area contributed by atoms with Gasteiger partial charge in [-0.2, -0.15) is 0 Å². The molecule has 0 saturated heterocycles. The molecule has 0 aliphatic rings. The summed E-state index contributed by atoms with van der Waals surface area (Å²) >= 11 is 3.15. The van der Waals surface area contributed by atoms with Gasteiger partial charge in [0.15, 0.2) is 0 Å². The molecule has 1 unspecified atom stereocenters. The van der Waals surface area contributed by atoms with Crippen molar-refractivity contribution >= 4 is 15.9 Å². The van der Waals surface area contributed by atoms with E-state index in [-0.39, 0.29) is 17.7 Å². The Morgan fingerprint density at radius 2 is 1.90 bits per heavy atom. The largest absolute Gasteiger partial charge is 0.313 e. The predicted octanol–water partition coefficient (Wildman–Crippen LogP) is 4.54. The normalized spacial score (nSPS) is 12.4. The van der Waals surface area contributed by atoms with E-state index in [1.807, 2.05) is 20.0 Å². The molecule has 0 aromatic heterocycles. The molecule has 0 fully saturated rings. The number of likely N-dealkylation sites (N-methyl/N-ethyl adjacent to an activating group) is 1. The van der Waals surface area contributed by atoms with Gasteiger partial charge in [0.05, 0.1) is 4.47 Å². The molecular weight excluding hydrogens is 324 g/mol. The molecule has 0 radical (unpaired) electrons. The van der Waals surface area contributed by atoms with Gasteiger partial charge in [-0.3, -0.25) is 0 Å². The van der Waals surface area contributed by atoms with Crippen LogP contribution >= 0.6 is 15.9 Å². The van der Waals surface area contributed by atoms with Gasteiger partial charge in [0.25, 0.3) is 0 Å². The van der Waals surface area contributed by atoms with Gasteiger partial charge < -0.3 is 5.32 Å². The lowest BCUT2D eigenvalue weighted by atomic mass is 9.96. The third-order valence-corrected chi connectivity index (χ3v) is 4.07. The van der Waals surface area contributed by atoms with Gasteiger partial charge >= 0.3 is 0 Å². The predicted molar refractivity (Wildman–Crippen MR) is 80.7 cm³/mol. The Balaban J connectivity index is 2.26. The van der Waals surface area contributed by atoms with Crippen molar-refractivity contribution in [3.8, 4) is 0 Å². The lowest BCUT2D eigenvalue weighted by molar-refractivity contribution is 0.572. The first-order chi connectivity index (χ1) is 9.51. The average Bonchev–Trinajstić information content (AvgIpc) is 2.41. The molecule has 0 aliphatic heterocycles. The zero-order valence-electron chi connectivity index (χ0n) is 11.4. The Morgan fingerprint density at radius 3 is 2.50 bits per heavy atom. The van der Waals surface area contributed by atoms with E-state index in [0.29, 0.717) is 10.9 Å². The van der Waals surface area contributed by atoms with Crippen LogP contribution in [-0.4, -0.2) is 7.05 Å². The molecule has 2 aromatic rings. The van der Waals surface area contributed by atoms with E-state index in [1.165, 1.54) is 18.2 Å². The van der Waals surface area contributed by atoms with E-state index in [1.54, 1.807) is 12.1 Å². The van der Waals surface area contributed by atoms with Crippen LogP contribution in [0.15, 0.2) is 40.9 Å². The van der Waals surface area contributed by atoms with Crippen molar-refractivity contribution in [1.29, 1.82) is 0 Å². The van der Waals surface area contributed by atoms with Gasteiger partial charge in [-0.15, -0.1) is 0 Å². The standard InChI is InChI=1S/C16H16BrF2N/c1-10-7-13(18)5-3-11(10)9-16(20-2)12-4-6-14(17)15(19)8-12/h3-8,16,20H,9H2,1-2H3. The maximum Gasteiger partial charge on any atom is 0.137 e. The molecule has 20 heavy (non-hydrogen) atoms. The maximum atomic E-state index is 13.6. The Kier molecular flexibility index (Phi) is 4.89. The van der Waals surface area contributed by atoms with E-state index in [2.05, 4.69) is 21.2 Å². The van der Waals surface area contributed by atoms with Crippen molar-refractivity contribution in [3.05, 3.63) is 69.2 Å². The fourth-order valence-corrected chi connectivity index (χ4v) is 2.47. The fraction of sp³-hybridized carbons (Fsp3) is 0.250. The van der Waals surface area contributed by atoms with Crippen LogP contribution in [0.4, 0.5) is 8.78 Å². The third-order valence-electron chi connectivity index (χ3n) is 3.42. The summed E-state index contributed by atoms with van der Waals surface area (Å²) in [6, 6.07) is 9.84. The molecule has 0 heterocycles. The molecule has 2 aromatic carbocycles. The van der Waals surface area contributed by atoms with Crippen LogP contribution < -0.4 is 5.32 Å². The van der Waals surface area contributed by atoms with Crippen molar-refractivity contribution < 1.29 is 8.78 Å². The second kappa shape index (κ2) is 6.46. The first-order valence-electron chi connectivity index (χ1n) is 6.38. The Labute approximate surface area is 126 Å². The Morgan fingerprint density at radius 1 is 1.15 bits per heavy atom. The molecule has 2 rings (SSSR count). The maximum absolute atomic E-state index is 13.6. The van der Waals surface area contributed by atoms with Crippen LogP contribution in [0, 0.1) is 18.6 Å². The Hall–Kier alpha value is -1.26. The highest BCUT2D eigenvalue weighted by atomic mass is 79.9. The van der Waals surface area contributed by atoms with Crippen LogP contribution in [0.2, 0.25) is 0 Å². The highest BCUT2D eigenvalue weighted by molar-refractivity contribution is 9.10. The van der Waals surface area contributed by atoms with Gasteiger partial charge in [-0.1, -0.05) is 12.1 Å². The number of benzene rings is 2. The molecule has 106 valence electrons. The second-order valence-corrected chi connectivity index (χ2v) is 5.64. The molecule has 1 N–H and O–H groups in total. The lowest BCUT2D eigenvalue weighted by Crippen LogP contribution is -2.19. The van der Waals surface area contributed by atoms with Gasteiger partial charge in [0, 0.05) is 6.04 Å². The molecule has 4 heteroatoms. The zero-order chi connectivity index (χ0) is 14.7. The van der Waals surface area contributed by atoms with Crippen molar-refractivity contribution in [3.63, 3.8) is 0 Å². The molecule has 0 spiro atoms. The summed E-state index contributed by atoms with van der Waals surface area (Å²) < 4.78 is 27.2. The van der Waals surface area contributed by atoms with Crippen molar-refractivity contribution in [2.24, 2.45) is 0 Å². The summed E-state index contributed by atoms with van der Waals surface area (Å²) in [7, 11) is 1.84. The van der Waals surface area contributed by atoms with Crippen LogP contribution in [0.25, 0.3) is 0 Å². The minimum absolute atomic E-state index is 0.0123. The molecular formula is C16H16BrF2N. The van der Waals surface area contributed by atoms with E-state index < -0.39 is 0 Å². The van der Waals surface area contributed by atoms with Gasteiger partial charge in [0.1, 0.15) is 11.6 Å². The van der Waals surface area contributed by atoms with E-state index >= 15 is 0 Å². The first kappa shape index (κ1) is 15.1. The lowest BCUT2D eigenvalue weighted by Gasteiger charge is -2.18. The first-order valence-corrected chi connectivity index (χ1v) is 7.18. The molecule has 0 bridgehead atoms. The molecule has 0 saturated carbocycles. The molecule has 0 amide bonds.